The largest absolute Gasteiger partial charge is 0.352 e. The van der Waals surface area contributed by atoms with Crippen molar-refractivity contribution in [1.29, 1.82) is 0 Å². The fraction of sp³-hybridized carbons (Fsp3) is 0.125. The van der Waals surface area contributed by atoms with E-state index in [1.165, 1.54) is 6.92 Å². The molecule has 0 bridgehead atoms. The molecule has 2 heterocycles. The number of nitrogens with zero attached hydrogens (tertiary/aromatic N) is 2. The van der Waals surface area contributed by atoms with Crippen molar-refractivity contribution < 1.29 is 9.59 Å². The predicted molar refractivity (Wildman–Crippen MR) is 117 cm³/mol. The van der Waals surface area contributed by atoms with Crippen molar-refractivity contribution in [3.63, 3.8) is 0 Å². The third kappa shape index (κ3) is 3.93. The van der Waals surface area contributed by atoms with E-state index in [1.807, 2.05) is 72.1 Å². The molecule has 0 fully saturated rings. The zero-order valence-electron chi connectivity index (χ0n) is 16.8. The van der Waals surface area contributed by atoms with Crippen molar-refractivity contribution in [3.05, 3.63) is 89.6 Å². The van der Waals surface area contributed by atoms with Gasteiger partial charge in [0, 0.05) is 30.8 Å². The molecule has 30 heavy (non-hydrogen) atoms. The average molecular weight is 398 g/mol. The van der Waals surface area contributed by atoms with Crippen molar-refractivity contribution in [3.8, 4) is 11.3 Å². The molecular weight excluding hydrogens is 376 g/mol. The molecular formula is C24H22N4O2. The fourth-order valence-corrected chi connectivity index (χ4v) is 3.30. The lowest BCUT2D eigenvalue weighted by molar-refractivity contribution is -0.119. The summed E-state index contributed by atoms with van der Waals surface area (Å²) in [6.07, 6.45) is 1.90. The molecule has 0 aliphatic heterocycles. The number of pyridine rings is 1. The van der Waals surface area contributed by atoms with E-state index in [0.717, 1.165) is 28.0 Å². The molecule has 0 saturated heterocycles. The maximum Gasteiger partial charge on any atom is 0.256 e. The Labute approximate surface area is 174 Å². The second kappa shape index (κ2) is 8.21. The zero-order chi connectivity index (χ0) is 21.1. The molecule has 6 nitrogen and oxygen atoms in total. The van der Waals surface area contributed by atoms with Crippen LogP contribution < -0.4 is 10.6 Å². The topological polar surface area (TPSA) is 75.5 Å². The van der Waals surface area contributed by atoms with Gasteiger partial charge in [0.25, 0.3) is 5.91 Å². The fourth-order valence-electron chi connectivity index (χ4n) is 3.30. The van der Waals surface area contributed by atoms with Crippen LogP contribution in [0.15, 0.2) is 72.9 Å². The van der Waals surface area contributed by atoms with Crippen LogP contribution in [0, 0.1) is 6.92 Å². The Kier molecular flexibility index (Phi) is 5.30. The minimum absolute atomic E-state index is 0.0897. The zero-order valence-corrected chi connectivity index (χ0v) is 16.8. The van der Waals surface area contributed by atoms with Crippen LogP contribution in [0.5, 0.6) is 0 Å². The summed E-state index contributed by atoms with van der Waals surface area (Å²) in [6.45, 7) is 3.90. The van der Waals surface area contributed by atoms with E-state index in [4.69, 9.17) is 4.98 Å². The van der Waals surface area contributed by atoms with E-state index in [0.29, 0.717) is 17.9 Å². The van der Waals surface area contributed by atoms with E-state index in [-0.39, 0.29) is 11.8 Å². The van der Waals surface area contributed by atoms with Crippen LogP contribution >= 0.6 is 0 Å². The second-order valence-electron chi connectivity index (χ2n) is 7.12. The Bertz CT molecular complexity index is 1210. The van der Waals surface area contributed by atoms with Gasteiger partial charge >= 0.3 is 0 Å². The number of carbonyl (C=O) groups is 2. The summed E-state index contributed by atoms with van der Waals surface area (Å²) in [5, 5.41) is 5.78. The summed E-state index contributed by atoms with van der Waals surface area (Å²) < 4.78 is 1.90. The lowest BCUT2D eigenvalue weighted by Gasteiger charge is -2.09. The first kappa shape index (κ1) is 19.4. The first-order valence-electron chi connectivity index (χ1n) is 9.71. The third-order valence-corrected chi connectivity index (χ3v) is 4.88. The molecule has 0 atom stereocenters. The summed E-state index contributed by atoms with van der Waals surface area (Å²) in [4.78, 5) is 28.8. The van der Waals surface area contributed by atoms with E-state index in [2.05, 4.69) is 10.6 Å². The van der Waals surface area contributed by atoms with Crippen molar-refractivity contribution in [2.75, 3.05) is 5.32 Å². The number of hydrogen-bond donors (Lipinski definition) is 2. The molecule has 150 valence electrons. The van der Waals surface area contributed by atoms with Gasteiger partial charge in [0.2, 0.25) is 5.91 Å². The number of benzene rings is 2. The van der Waals surface area contributed by atoms with Gasteiger partial charge in [0.05, 0.1) is 0 Å². The van der Waals surface area contributed by atoms with E-state index in [9.17, 15) is 9.59 Å². The number of fused-ring (bicyclic) bond motifs is 1. The molecule has 0 unspecified atom stereocenters. The van der Waals surface area contributed by atoms with Gasteiger partial charge in [-0.1, -0.05) is 48.5 Å². The van der Waals surface area contributed by atoms with Gasteiger partial charge in [-0.3, -0.25) is 14.0 Å². The highest BCUT2D eigenvalue weighted by Gasteiger charge is 2.18. The number of rotatable bonds is 5. The first-order valence-corrected chi connectivity index (χ1v) is 9.71. The van der Waals surface area contributed by atoms with Crippen molar-refractivity contribution >= 4 is 23.3 Å². The molecule has 4 rings (SSSR count). The van der Waals surface area contributed by atoms with E-state index < -0.39 is 0 Å². The van der Waals surface area contributed by atoms with Gasteiger partial charge in [-0.05, 0) is 36.2 Å². The minimum Gasteiger partial charge on any atom is -0.352 e. The highest BCUT2D eigenvalue weighted by atomic mass is 16.2. The number of nitrogens with one attached hydrogen (secondary N) is 2. The molecule has 4 aromatic rings. The summed E-state index contributed by atoms with van der Waals surface area (Å²) >= 11 is 0. The van der Waals surface area contributed by atoms with Crippen LogP contribution in [-0.4, -0.2) is 21.2 Å². The monoisotopic (exact) mass is 398 g/mol. The van der Waals surface area contributed by atoms with Gasteiger partial charge in [0.15, 0.2) is 0 Å². The number of aromatic nitrogens is 2. The van der Waals surface area contributed by atoms with Crippen LogP contribution in [0.1, 0.15) is 28.4 Å². The van der Waals surface area contributed by atoms with Gasteiger partial charge < -0.3 is 10.6 Å². The Hall–Kier alpha value is -3.93. The highest BCUT2D eigenvalue weighted by Crippen LogP contribution is 2.30. The van der Waals surface area contributed by atoms with E-state index in [1.54, 1.807) is 12.1 Å². The highest BCUT2D eigenvalue weighted by molar-refractivity contribution is 6.05. The van der Waals surface area contributed by atoms with Crippen molar-refractivity contribution in [2.24, 2.45) is 0 Å². The number of hydrogen-bond acceptors (Lipinski definition) is 3. The Morgan fingerprint density at radius 2 is 1.70 bits per heavy atom. The lowest BCUT2D eigenvalue weighted by Crippen LogP contribution is -2.19. The molecule has 0 radical (unpaired) electrons. The number of carbonyl (C=O) groups excluding carboxylic acids is 2. The normalized spacial score (nSPS) is 10.7. The van der Waals surface area contributed by atoms with Crippen LogP contribution in [0.4, 0.5) is 5.82 Å². The maximum atomic E-state index is 13.0. The standard InChI is InChI=1S/C24H22N4O2/c1-16-7-6-14-28-22(16)26-21(19-8-4-3-5-9-19)23(28)27-24(30)20-12-10-18(11-13-20)15-25-17(2)29/h3-14H,15H2,1-2H3,(H,25,29)(H,27,30). The quantitative estimate of drug-likeness (QED) is 0.529. The molecule has 0 spiro atoms. The first-order chi connectivity index (χ1) is 14.5. The summed E-state index contributed by atoms with van der Waals surface area (Å²) in [6, 6.07) is 20.9. The summed E-state index contributed by atoms with van der Waals surface area (Å²) in [5.74, 6) is 0.321. The average Bonchev–Trinajstić information content (AvgIpc) is 3.13. The van der Waals surface area contributed by atoms with Crippen LogP contribution in [0.2, 0.25) is 0 Å². The van der Waals surface area contributed by atoms with Gasteiger partial charge in [-0.25, -0.2) is 4.98 Å². The van der Waals surface area contributed by atoms with Gasteiger partial charge in [-0.15, -0.1) is 0 Å². The summed E-state index contributed by atoms with van der Waals surface area (Å²) in [5.41, 5.74) is 4.94. The van der Waals surface area contributed by atoms with Crippen LogP contribution in [0.25, 0.3) is 16.9 Å². The van der Waals surface area contributed by atoms with Crippen LogP contribution in [0.3, 0.4) is 0 Å². The molecule has 6 heteroatoms. The van der Waals surface area contributed by atoms with Gasteiger partial charge in [-0.2, -0.15) is 0 Å². The number of imidazole rings is 1. The molecule has 2 aromatic heterocycles. The summed E-state index contributed by atoms with van der Waals surface area (Å²) in [7, 11) is 0. The lowest BCUT2D eigenvalue weighted by atomic mass is 10.1. The SMILES string of the molecule is CC(=O)NCc1ccc(C(=O)Nc2c(-c3ccccc3)nc3c(C)cccn23)cc1. The van der Waals surface area contributed by atoms with Crippen molar-refractivity contribution in [1.82, 2.24) is 14.7 Å². The molecule has 0 aliphatic rings. The van der Waals surface area contributed by atoms with E-state index >= 15 is 0 Å². The second-order valence-corrected chi connectivity index (χ2v) is 7.12. The molecule has 2 amide bonds. The predicted octanol–water partition coefficient (Wildman–Crippen LogP) is 4.20. The van der Waals surface area contributed by atoms with Crippen LogP contribution in [-0.2, 0) is 11.3 Å². The molecule has 2 aromatic carbocycles. The number of amides is 2. The van der Waals surface area contributed by atoms with Crippen molar-refractivity contribution in [2.45, 2.75) is 20.4 Å². The number of anilines is 1. The van der Waals surface area contributed by atoms with Gasteiger partial charge in [0.1, 0.15) is 17.2 Å². The molecule has 0 aliphatic carbocycles. The number of aryl methyl sites for hydroxylation is 1. The molecule has 0 saturated carbocycles. The Morgan fingerprint density at radius 3 is 2.40 bits per heavy atom. The minimum atomic E-state index is -0.221. The Morgan fingerprint density at radius 1 is 0.967 bits per heavy atom. The molecule has 2 N–H and O–H groups in total. The Balaban J connectivity index is 1.67. The maximum absolute atomic E-state index is 13.0. The smallest absolute Gasteiger partial charge is 0.256 e. The third-order valence-electron chi connectivity index (χ3n) is 4.88.